The molecule has 0 fully saturated rings. The van der Waals surface area contributed by atoms with Crippen LogP contribution in [0.2, 0.25) is 10.0 Å². The fraction of sp³-hybridized carbons (Fsp3) is 0.286. The minimum atomic E-state index is 0.116. The van der Waals surface area contributed by atoms with E-state index in [-0.39, 0.29) is 5.91 Å². The van der Waals surface area contributed by atoms with Crippen molar-refractivity contribution in [1.82, 2.24) is 14.9 Å². The predicted molar refractivity (Wildman–Crippen MR) is 141 cm³/mol. The van der Waals surface area contributed by atoms with Crippen LogP contribution in [0.15, 0.2) is 72.8 Å². The lowest BCUT2D eigenvalue weighted by atomic mass is 10.1. The number of unbranched alkanes of at least 4 members (excludes halogenated alkanes) is 2. The second kappa shape index (κ2) is 12.0. The van der Waals surface area contributed by atoms with E-state index < -0.39 is 0 Å². The van der Waals surface area contributed by atoms with E-state index in [1.165, 1.54) is 5.56 Å². The normalized spacial score (nSPS) is 11.1. The maximum Gasteiger partial charge on any atom is 0.220 e. The number of nitrogens with zero attached hydrogens (tertiary/aromatic N) is 2. The number of hydrogen-bond acceptors (Lipinski definition) is 2. The highest BCUT2D eigenvalue weighted by Crippen LogP contribution is 2.25. The van der Waals surface area contributed by atoms with Crippen LogP contribution in [-0.4, -0.2) is 22.0 Å². The van der Waals surface area contributed by atoms with E-state index in [0.29, 0.717) is 29.6 Å². The Balaban J connectivity index is 1.27. The number of halogens is 2. The van der Waals surface area contributed by atoms with Gasteiger partial charge >= 0.3 is 0 Å². The van der Waals surface area contributed by atoms with Crippen molar-refractivity contribution in [3.05, 3.63) is 99.8 Å². The Bertz CT molecular complexity index is 1240. The summed E-state index contributed by atoms with van der Waals surface area (Å²) >= 11 is 12.5. The van der Waals surface area contributed by atoms with Gasteiger partial charge < -0.3 is 9.88 Å². The first-order valence-corrected chi connectivity index (χ1v) is 12.5. The minimum Gasteiger partial charge on any atom is -0.356 e. The average Bonchev–Trinajstić information content (AvgIpc) is 3.19. The van der Waals surface area contributed by atoms with E-state index in [1.807, 2.05) is 48.5 Å². The predicted octanol–water partition coefficient (Wildman–Crippen LogP) is 6.85. The number of fused-ring (bicyclic) bond motifs is 1. The zero-order valence-corrected chi connectivity index (χ0v) is 20.7. The summed E-state index contributed by atoms with van der Waals surface area (Å²) in [6.45, 7) is 1.37. The molecule has 6 heteroatoms. The molecule has 1 N–H and O–H groups in total. The quantitative estimate of drug-likeness (QED) is 0.232. The van der Waals surface area contributed by atoms with Crippen molar-refractivity contribution in [3.8, 4) is 0 Å². The molecule has 0 spiro atoms. The fourth-order valence-corrected chi connectivity index (χ4v) is 4.58. The van der Waals surface area contributed by atoms with E-state index in [9.17, 15) is 4.79 Å². The molecule has 0 radical (unpaired) electrons. The number of aryl methyl sites for hydroxylation is 2. The number of para-hydroxylation sites is 2. The number of aromatic nitrogens is 2. The number of nitrogens with one attached hydrogen (secondary N) is 1. The summed E-state index contributed by atoms with van der Waals surface area (Å²) in [6, 6.07) is 23.9. The first-order chi connectivity index (χ1) is 16.6. The maximum absolute atomic E-state index is 12.1. The van der Waals surface area contributed by atoms with Crippen LogP contribution in [0.1, 0.15) is 42.6 Å². The molecule has 4 rings (SSSR count). The number of hydrogen-bond donors (Lipinski definition) is 1. The van der Waals surface area contributed by atoms with Gasteiger partial charge in [-0.3, -0.25) is 4.79 Å². The first kappa shape index (κ1) is 24.3. The third-order valence-electron chi connectivity index (χ3n) is 5.96. The lowest BCUT2D eigenvalue weighted by Crippen LogP contribution is -2.24. The molecule has 0 atom stereocenters. The number of imidazole rings is 1. The van der Waals surface area contributed by atoms with Crippen LogP contribution in [0.5, 0.6) is 0 Å². The van der Waals surface area contributed by atoms with Gasteiger partial charge in [0.25, 0.3) is 0 Å². The summed E-state index contributed by atoms with van der Waals surface area (Å²) in [7, 11) is 0. The van der Waals surface area contributed by atoms with Gasteiger partial charge in [-0.05, 0) is 54.7 Å². The van der Waals surface area contributed by atoms with Gasteiger partial charge in [-0.15, -0.1) is 0 Å². The second-order valence-corrected chi connectivity index (χ2v) is 9.33. The van der Waals surface area contributed by atoms with E-state index >= 15 is 0 Å². The summed E-state index contributed by atoms with van der Waals surface area (Å²) in [5.74, 6) is 1.17. The van der Waals surface area contributed by atoms with Crippen molar-refractivity contribution in [3.63, 3.8) is 0 Å². The SMILES string of the molecule is O=C(CCc1ccccc1)NCCCCCc1nc2ccccc2n1Cc1ccc(Cl)cc1Cl. The van der Waals surface area contributed by atoms with Crippen molar-refractivity contribution in [2.45, 2.75) is 45.1 Å². The van der Waals surface area contributed by atoms with Gasteiger partial charge in [0, 0.05) is 29.4 Å². The zero-order chi connectivity index (χ0) is 23.8. The molecule has 4 nitrogen and oxygen atoms in total. The van der Waals surface area contributed by atoms with Gasteiger partial charge in [-0.1, -0.05) is 78.2 Å². The molecule has 4 aromatic rings. The number of rotatable bonds is 11. The molecular weight excluding hydrogens is 465 g/mol. The molecule has 1 aromatic heterocycles. The van der Waals surface area contributed by atoms with E-state index in [2.05, 4.69) is 28.1 Å². The van der Waals surface area contributed by atoms with Crippen molar-refractivity contribution < 1.29 is 4.79 Å². The highest BCUT2D eigenvalue weighted by molar-refractivity contribution is 6.35. The lowest BCUT2D eigenvalue weighted by molar-refractivity contribution is -0.121. The highest BCUT2D eigenvalue weighted by atomic mass is 35.5. The summed E-state index contributed by atoms with van der Waals surface area (Å²) in [6.07, 6.45) is 5.19. The summed E-state index contributed by atoms with van der Waals surface area (Å²) in [5, 5.41) is 4.34. The largest absolute Gasteiger partial charge is 0.356 e. The molecular formula is C28H29Cl2N3O. The molecule has 34 heavy (non-hydrogen) atoms. The van der Waals surface area contributed by atoms with Gasteiger partial charge in [0.2, 0.25) is 5.91 Å². The summed E-state index contributed by atoms with van der Waals surface area (Å²) in [4.78, 5) is 17.0. The Kier molecular flexibility index (Phi) is 8.62. The van der Waals surface area contributed by atoms with E-state index in [0.717, 1.165) is 54.5 Å². The number of carbonyl (C=O) groups is 1. The highest BCUT2D eigenvalue weighted by Gasteiger charge is 2.12. The van der Waals surface area contributed by atoms with Crippen LogP contribution in [0, 0.1) is 0 Å². The van der Waals surface area contributed by atoms with Crippen molar-refractivity contribution in [2.24, 2.45) is 0 Å². The van der Waals surface area contributed by atoms with Gasteiger partial charge in [-0.2, -0.15) is 0 Å². The van der Waals surface area contributed by atoms with Gasteiger partial charge in [0.1, 0.15) is 5.82 Å². The number of amides is 1. The smallest absolute Gasteiger partial charge is 0.220 e. The Labute approximate surface area is 210 Å². The van der Waals surface area contributed by atoms with Crippen LogP contribution < -0.4 is 5.32 Å². The van der Waals surface area contributed by atoms with Gasteiger partial charge in [-0.25, -0.2) is 4.98 Å². The van der Waals surface area contributed by atoms with E-state index in [1.54, 1.807) is 6.07 Å². The first-order valence-electron chi connectivity index (χ1n) is 11.8. The molecule has 0 aliphatic rings. The third-order valence-corrected chi connectivity index (χ3v) is 6.55. The van der Waals surface area contributed by atoms with Crippen molar-refractivity contribution in [2.75, 3.05) is 6.54 Å². The number of carbonyl (C=O) groups excluding carboxylic acids is 1. The Morgan fingerprint density at radius 3 is 2.50 bits per heavy atom. The second-order valence-electron chi connectivity index (χ2n) is 8.48. The van der Waals surface area contributed by atoms with Crippen LogP contribution in [0.4, 0.5) is 0 Å². The third kappa shape index (κ3) is 6.62. The van der Waals surface area contributed by atoms with Crippen molar-refractivity contribution in [1.29, 1.82) is 0 Å². The fourth-order valence-electron chi connectivity index (χ4n) is 4.12. The molecule has 0 unspecified atom stereocenters. The minimum absolute atomic E-state index is 0.116. The standard InChI is InChI=1S/C28H29Cl2N3O/c29-23-16-15-22(24(30)19-23)20-33-26-12-7-6-11-25(26)32-27(33)13-5-2-8-18-31-28(34)17-14-21-9-3-1-4-10-21/h1,3-4,6-7,9-12,15-16,19H,2,5,8,13-14,17-18,20H2,(H,31,34). The molecule has 1 heterocycles. The van der Waals surface area contributed by atoms with Crippen LogP contribution in [-0.2, 0) is 24.2 Å². The topological polar surface area (TPSA) is 46.9 Å². The molecule has 0 bridgehead atoms. The zero-order valence-electron chi connectivity index (χ0n) is 19.1. The Hall–Kier alpha value is -2.82. The molecule has 3 aromatic carbocycles. The van der Waals surface area contributed by atoms with Crippen molar-refractivity contribution >= 4 is 40.1 Å². The van der Waals surface area contributed by atoms with Gasteiger partial charge in [0.15, 0.2) is 0 Å². The number of benzene rings is 3. The molecule has 0 saturated heterocycles. The van der Waals surface area contributed by atoms with Crippen LogP contribution in [0.3, 0.4) is 0 Å². The molecule has 0 aliphatic heterocycles. The summed E-state index contributed by atoms with van der Waals surface area (Å²) < 4.78 is 2.25. The van der Waals surface area contributed by atoms with Crippen LogP contribution >= 0.6 is 23.2 Å². The van der Waals surface area contributed by atoms with E-state index in [4.69, 9.17) is 28.2 Å². The Morgan fingerprint density at radius 2 is 1.68 bits per heavy atom. The molecule has 0 aliphatic carbocycles. The lowest BCUT2D eigenvalue weighted by Gasteiger charge is -2.11. The molecule has 1 amide bonds. The van der Waals surface area contributed by atoms with Crippen LogP contribution in [0.25, 0.3) is 11.0 Å². The average molecular weight is 494 g/mol. The Morgan fingerprint density at radius 1 is 0.882 bits per heavy atom. The maximum atomic E-state index is 12.1. The summed E-state index contributed by atoms with van der Waals surface area (Å²) in [5.41, 5.74) is 4.32. The van der Waals surface area contributed by atoms with Gasteiger partial charge in [0.05, 0.1) is 17.6 Å². The molecule has 0 saturated carbocycles. The monoisotopic (exact) mass is 493 g/mol. The molecule has 176 valence electrons.